The van der Waals surface area contributed by atoms with Gasteiger partial charge in [-0.25, -0.2) is 9.97 Å². The number of halogens is 2. The predicted octanol–water partition coefficient (Wildman–Crippen LogP) is 5.14. The Morgan fingerprint density at radius 2 is 1.73 bits per heavy atom. The molecule has 8 heteroatoms. The number of rotatable bonds is 3. The van der Waals surface area contributed by atoms with Crippen molar-refractivity contribution in [1.29, 1.82) is 0 Å². The quantitative estimate of drug-likeness (QED) is 0.462. The molecule has 2 aromatic heterocycles. The average molecular weight is 440 g/mol. The van der Waals surface area contributed by atoms with Gasteiger partial charge < -0.3 is 11.1 Å². The molecule has 1 fully saturated rings. The van der Waals surface area contributed by atoms with Crippen molar-refractivity contribution in [3.05, 3.63) is 58.1 Å². The standard InChI is InChI=1S/C22H19Cl2N5O/c23-14-10-9-13(11-15(14)24)29-20(25)18(22(30)26-12-5-1-2-6-12)19-21(29)28-17-8-4-3-7-16(17)27-19/h3-4,7-12H,1-2,5-6,25H2,(H,26,30). The topological polar surface area (TPSA) is 85.8 Å². The van der Waals surface area contributed by atoms with Gasteiger partial charge >= 0.3 is 0 Å². The SMILES string of the molecule is Nc1c(C(=O)NC2CCCC2)c2nc3ccccc3nc2n1-c1ccc(Cl)c(Cl)c1. The molecule has 152 valence electrons. The molecular formula is C22H19Cl2N5O. The molecule has 2 heterocycles. The zero-order chi connectivity index (χ0) is 20.8. The molecule has 1 aliphatic rings. The molecule has 0 unspecified atom stereocenters. The van der Waals surface area contributed by atoms with Gasteiger partial charge in [0.05, 0.1) is 26.8 Å². The van der Waals surface area contributed by atoms with Crippen LogP contribution in [0.3, 0.4) is 0 Å². The van der Waals surface area contributed by atoms with E-state index in [4.69, 9.17) is 38.9 Å². The summed E-state index contributed by atoms with van der Waals surface area (Å²) in [6.45, 7) is 0. The molecule has 1 amide bonds. The summed E-state index contributed by atoms with van der Waals surface area (Å²) in [5.41, 5.74) is 9.90. The Labute approximate surface area is 183 Å². The lowest BCUT2D eigenvalue weighted by Gasteiger charge is -2.12. The van der Waals surface area contributed by atoms with Crippen molar-refractivity contribution >= 4 is 57.1 Å². The highest BCUT2D eigenvalue weighted by molar-refractivity contribution is 6.42. The first-order valence-electron chi connectivity index (χ1n) is 9.86. The number of nitrogen functional groups attached to an aromatic ring is 1. The number of aromatic nitrogens is 3. The van der Waals surface area contributed by atoms with Crippen molar-refractivity contribution in [1.82, 2.24) is 19.9 Å². The fourth-order valence-electron chi connectivity index (χ4n) is 4.10. The van der Waals surface area contributed by atoms with Crippen LogP contribution in [0.2, 0.25) is 10.0 Å². The summed E-state index contributed by atoms with van der Waals surface area (Å²) in [6.07, 6.45) is 4.20. The molecular weight excluding hydrogens is 421 g/mol. The maximum Gasteiger partial charge on any atom is 0.257 e. The van der Waals surface area contributed by atoms with Crippen LogP contribution in [0.5, 0.6) is 0 Å². The molecule has 6 nitrogen and oxygen atoms in total. The van der Waals surface area contributed by atoms with E-state index >= 15 is 0 Å². The van der Waals surface area contributed by atoms with Crippen LogP contribution in [-0.4, -0.2) is 26.5 Å². The number of nitrogens with zero attached hydrogens (tertiary/aromatic N) is 3. The lowest BCUT2D eigenvalue weighted by molar-refractivity contribution is 0.0940. The highest BCUT2D eigenvalue weighted by Crippen LogP contribution is 2.33. The fraction of sp³-hybridized carbons (Fsp3) is 0.227. The third-order valence-corrected chi connectivity index (χ3v) is 6.32. The molecule has 0 spiro atoms. The smallest absolute Gasteiger partial charge is 0.257 e. The number of anilines is 1. The first-order valence-corrected chi connectivity index (χ1v) is 10.6. The number of carbonyl (C=O) groups excluding carboxylic acids is 1. The van der Waals surface area contributed by atoms with Gasteiger partial charge in [-0.05, 0) is 43.2 Å². The Balaban J connectivity index is 1.75. The van der Waals surface area contributed by atoms with Gasteiger partial charge in [0, 0.05) is 6.04 Å². The summed E-state index contributed by atoms with van der Waals surface area (Å²) in [4.78, 5) is 22.7. The van der Waals surface area contributed by atoms with Gasteiger partial charge in [-0.1, -0.05) is 48.2 Å². The van der Waals surface area contributed by atoms with Crippen molar-refractivity contribution in [2.24, 2.45) is 0 Å². The molecule has 2 aromatic carbocycles. The average Bonchev–Trinajstić information content (AvgIpc) is 3.33. The Hall–Kier alpha value is -2.83. The summed E-state index contributed by atoms with van der Waals surface area (Å²) in [5, 5.41) is 3.94. The molecule has 5 rings (SSSR count). The molecule has 0 radical (unpaired) electrons. The van der Waals surface area contributed by atoms with E-state index in [1.54, 1.807) is 22.8 Å². The van der Waals surface area contributed by atoms with E-state index in [1.807, 2.05) is 24.3 Å². The largest absolute Gasteiger partial charge is 0.384 e. The van der Waals surface area contributed by atoms with Crippen LogP contribution >= 0.6 is 23.2 Å². The molecule has 3 N–H and O–H groups in total. The van der Waals surface area contributed by atoms with Gasteiger partial charge in [0.1, 0.15) is 16.9 Å². The molecule has 0 saturated heterocycles. The zero-order valence-corrected chi connectivity index (χ0v) is 17.5. The third-order valence-electron chi connectivity index (χ3n) is 5.58. The highest BCUT2D eigenvalue weighted by Gasteiger charge is 2.27. The molecule has 0 aliphatic heterocycles. The monoisotopic (exact) mass is 439 g/mol. The van der Waals surface area contributed by atoms with Crippen molar-refractivity contribution in [3.8, 4) is 5.69 Å². The Morgan fingerprint density at radius 1 is 1.03 bits per heavy atom. The number of nitrogens with two attached hydrogens (primary N) is 1. The van der Waals surface area contributed by atoms with Crippen LogP contribution in [-0.2, 0) is 0 Å². The van der Waals surface area contributed by atoms with Gasteiger partial charge in [-0.15, -0.1) is 0 Å². The predicted molar refractivity (Wildman–Crippen MR) is 121 cm³/mol. The molecule has 0 bridgehead atoms. The van der Waals surface area contributed by atoms with Gasteiger partial charge in [0.2, 0.25) is 0 Å². The Kier molecular flexibility index (Phi) is 4.76. The van der Waals surface area contributed by atoms with Gasteiger partial charge in [-0.3, -0.25) is 9.36 Å². The summed E-state index contributed by atoms with van der Waals surface area (Å²) in [6, 6.07) is 12.9. The summed E-state index contributed by atoms with van der Waals surface area (Å²) in [7, 11) is 0. The van der Waals surface area contributed by atoms with Gasteiger partial charge in [0.15, 0.2) is 5.65 Å². The highest BCUT2D eigenvalue weighted by atomic mass is 35.5. The number of carbonyl (C=O) groups is 1. The van der Waals surface area contributed by atoms with E-state index in [0.29, 0.717) is 43.5 Å². The molecule has 1 aliphatic carbocycles. The van der Waals surface area contributed by atoms with E-state index in [1.165, 1.54) is 0 Å². The second kappa shape index (κ2) is 7.45. The number of nitrogens with one attached hydrogen (secondary N) is 1. The van der Waals surface area contributed by atoms with Crippen molar-refractivity contribution < 1.29 is 4.79 Å². The minimum Gasteiger partial charge on any atom is -0.384 e. The van der Waals surface area contributed by atoms with E-state index in [9.17, 15) is 4.79 Å². The number of benzene rings is 2. The number of hydrogen-bond donors (Lipinski definition) is 2. The molecule has 1 saturated carbocycles. The van der Waals surface area contributed by atoms with E-state index in [0.717, 1.165) is 25.7 Å². The molecule has 0 atom stereocenters. The Morgan fingerprint density at radius 3 is 2.43 bits per heavy atom. The second-order valence-electron chi connectivity index (χ2n) is 7.53. The van der Waals surface area contributed by atoms with Crippen LogP contribution in [0.15, 0.2) is 42.5 Å². The summed E-state index contributed by atoms with van der Waals surface area (Å²) >= 11 is 12.3. The van der Waals surface area contributed by atoms with Crippen LogP contribution < -0.4 is 11.1 Å². The fourth-order valence-corrected chi connectivity index (χ4v) is 4.39. The number of hydrogen-bond acceptors (Lipinski definition) is 4. The van der Waals surface area contributed by atoms with Gasteiger partial charge in [0.25, 0.3) is 5.91 Å². The number of fused-ring (bicyclic) bond motifs is 2. The molecule has 4 aromatic rings. The van der Waals surface area contributed by atoms with E-state index in [-0.39, 0.29) is 17.8 Å². The van der Waals surface area contributed by atoms with Crippen molar-refractivity contribution in [2.75, 3.05) is 5.73 Å². The summed E-state index contributed by atoms with van der Waals surface area (Å²) < 4.78 is 1.71. The minimum atomic E-state index is -0.229. The van der Waals surface area contributed by atoms with Gasteiger partial charge in [-0.2, -0.15) is 0 Å². The number of para-hydroxylation sites is 2. The minimum absolute atomic E-state index is 0.161. The van der Waals surface area contributed by atoms with Crippen molar-refractivity contribution in [2.45, 2.75) is 31.7 Å². The number of amides is 1. The normalized spacial score (nSPS) is 14.6. The second-order valence-corrected chi connectivity index (χ2v) is 8.35. The maximum absolute atomic E-state index is 13.2. The van der Waals surface area contributed by atoms with Crippen molar-refractivity contribution in [3.63, 3.8) is 0 Å². The zero-order valence-electron chi connectivity index (χ0n) is 16.0. The lowest BCUT2D eigenvalue weighted by atomic mass is 10.2. The maximum atomic E-state index is 13.2. The van der Waals surface area contributed by atoms with Crippen LogP contribution in [0.4, 0.5) is 5.82 Å². The summed E-state index contributed by atoms with van der Waals surface area (Å²) in [5.74, 6) is 0.0435. The first kappa shape index (κ1) is 19.2. The third kappa shape index (κ3) is 3.16. The van der Waals surface area contributed by atoms with E-state index in [2.05, 4.69) is 5.32 Å². The Bertz CT molecular complexity index is 1290. The lowest BCUT2D eigenvalue weighted by Crippen LogP contribution is -2.33. The van der Waals surface area contributed by atoms with Crippen LogP contribution in [0.1, 0.15) is 36.0 Å². The molecule has 30 heavy (non-hydrogen) atoms. The van der Waals surface area contributed by atoms with E-state index < -0.39 is 0 Å². The van der Waals surface area contributed by atoms with Crippen LogP contribution in [0.25, 0.3) is 27.9 Å². The first-order chi connectivity index (χ1) is 14.5. The van der Waals surface area contributed by atoms with Crippen LogP contribution in [0, 0.1) is 0 Å².